The van der Waals surface area contributed by atoms with Crippen LogP contribution in [0.3, 0.4) is 0 Å². The molecular formula is C18H21NO3. The SMILES string of the molecule is COc1ccc(-c2ccccc2)cc1CNCCCC(=O)O. The lowest BCUT2D eigenvalue weighted by molar-refractivity contribution is -0.137. The van der Waals surface area contributed by atoms with Gasteiger partial charge in [0.1, 0.15) is 5.75 Å². The van der Waals surface area contributed by atoms with Crippen LogP contribution in [0.5, 0.6) is 5.75 Å². The Labute approximate surface area is 130 Å². The molecular weight excluding hydrogens is 278 g/mol. The Morgan fingerprint density at radius 3 is 2.59 bits per heavy atom. The number of nitrogens with one attached hydrogen (secondary N) is 1. The average molecular weight is 299 g/mol. The Bertz CT molecular complexity index is 611. The van der Waals surface area contributed by atoms with Gasteiger partial charge in [0.05, 0.1) is 7.11 Å². The third kappa shape index (κ3) is 4.60. The number of hydrogen-bond acceptors (Lipinski definition) is 3. The summed E-state index contributed by atoms with van der Waals surface area (Å²) in [6.45, 7) is 1.33. The van der Waals surface area contributed by atoms with Gasteiger partial charge in [-0.1, -0.05) is 36.4 Å². The molecule has 0 aliphatic carbocycles. The van der Waals surface area contributed by atoms with Crippen molar-refractivity contribution in [1.82, 2.24) is 5.32 Å². The first-order chi connectivity index (χ1) is 10.7. The molecule has 2 aromatic rings. The quantitative estimate of drug-likeness (QED) is 0.734. The van der Waals surface area contributed by atoms with Crippen LogP contribution in [0.15, 0.2) is 48.5 Å². The fraction of sp³-hybridized carbons (Fsp3) is 0.278. The van der Waals surface area contributed by atoms with Crippen LogP contribution in [0.2, 0.25) is 0 Å². The topological polar surface area (TPSA) is 58.6 Å². The summed E-state index contributed by atoms with van der Waals surface area (Å²) in [6.07, 6.45) is 0.810. The van der Waals surface area contributed by atoms with Crippen molar-refractivity contribution in [1.29, 1.82) is 0 Å². The second-order valence-electron chi connectivity index (χ2n) is 5.07. The highest BCUT2D eigenvalue weighted by molar-refractivity contribution is 5.66. The highest BCUT2D eigenvalue weighted by atomic mass is 16.5. The van der Waals surface area contributed by atoms with Gasteiger partial charge >= 0.3 is 5.97 Å². The maximum Gasteiger partial charge on any atom is 0.303 e. The molecule has 0 aromatic heterocycles. The molecule has 2 N–H and O–H groups in total. The minimum Gasteiger partial charge on any atom is -0.496 e. The van der Waals surface area contributed by atoms with E-state index in [1.807, 2.05) is 30.3 Å². The molecule has 22 heavy (non-hydrogen) atoms. The largest absolute Gasteiger partial charge is 0.496 e. The van der Waals surface area contributed by atoms with E-state index < -0.39 is 5.97 Å². The van der Waals surface area contributed by atoms with Crippen molar-refractivity contribution in [3.05, 3.63) is 54.1 Å². The zero-order valence-electron chi connectivity index (χ0n) is 12.7. The van der Waals surface area contributed by atoms with Crippen molar-refractivity contribution in [3.8, 4) is 16.9 Å². The van der Waals surface area contributed by atoms with Crippen LogP contribution in [0.1, 0.15) is 18.4 Å². The van der Waals surface area contributed by atoms with Gasteiger partial charge in [-0.3, -0.25) is 4.79 Å². The maximum absolute atomic E-state index is 10.5. The highest BCUT2D eigenvalue weighted by Gasteiger charge is 2.06. The van der Waals surface area contributed by atoms with Crippen molar-refractivity contribution < 1.29 is 14.6 Å². The number of carboxylic acids is 1. The van der Waals surface area contributed by atoms with E-state index in [1.165, 1.54) is 0 Å². The second kappa shape index (κ2) is 8.20. The molecule has 2 rings (SSSR count). The first-order valence-corrected chi connectivity index (χ1v) is 7.35. The number of carbonyl (C=O) groups is 1. The maximum atomic E-state index is 10.5. The lowest BCUT2D eigenvalue weighted by Crippen LogP contribution is -2.16. The number of aliphatic carboxylic acids is 1. The Balaban J connectivity index is 2.03. The molecule has 4 heteroatoms. The third-order valence-corrected chi connectivity index (χ3v) is 3.45. The van der Waals surface area contributed by atoms with Crippen molar-refractivity contribution in [3.63, 3.8) is 0 Å². The predicted octanol–water partition coefficient (Wildman–Crippen LogP) is 3.32. The van der Waals surface area contributed by atoms with Crippen LogP contribution in [0.4, 0.5) is 0 Å². The van der Waals surface area contributed by atoms with E-state index in [2.05, 4.69) is 23.5 Å². The van der Waals surface area contributed by atoms with E-state index in [9.17, 15) is 4.79 Å². The van der Waals surface area contributed by atoms with Gasteiger partial charge in [-0.05, 0) is 36.2 Å². The van der Waals surface area contributed by atoms with Gasteiger partial charge in [0.25, 0.3) is 0 Å². The van der Waals surface area contributed by atoms with Crippen LogP contribution < -0.4 is 10.1 Å². The number of carboxylic acid groups (broad SMARTS) is 1. The summed E-state index contributed by atoms with van der Waals surface area (Å²) in [6, 6.07) is 16.3. The average Bonchev–Trinajstić information content (AvgIpc) is 2.55. The van der Waals surface area contributed by atoms with Crippen LogP contribution in [0, 0.1) is 0 Å². The van der Waals surface area contributed by atoms with Gasteiger partial charge in [0.15, 0.2) is 0 Å². The van der Waals surface area contributed by atoms with E-state index >= 15 is 0 Å². The third-order valence-electron chi connectivity index (χ3n) is 3.45. The zero-order chi connectivity index (χ0) is 15.8. The van der Waals surface area contributed by atoms with Crippen molar-refractivity contribution in [2.24, 2.45) is 0 Å². The van der Waals surface area contributed by atoms with Gasteiger partial charge in [-0.25, -0.2) is 0 Å². The number of hydrogen-bond donors (Lipinski definition) is 2. The van der Waals surface area contributed by atoms with Crippen LogP contribution in [0.25, 0.3) is 11.1 Å². The second-order valence-corrected chi connectivity index (χ2v) is 5.07. The number of methoxy groups -OCH3 is 1. The van der Waals surface area contributed by atoms with E-state index in [0.717, 1.165) is 22.4 Å². The Hall–Kier alpha value is -2.33. The molecule has 0 unspecified atom stereocenters. The van der Waals surface area contributed by atoms with E-state index in [-0.39, 0.29) is 6.42 Å². The van der Waals surface area contributed by atoms with E-state index in [4.69, 9.17) is 9.84 Å². The predicted molar refractivity (Wildman–Crippen MR) is 87.0 cm³/mol. The van der Waals surface area contributed by atoms with Gasteiger partial charge < -0.3 is 15.2 Å². The lowest BCUT2D eigenvalue weighted by Gasteiger charge is -2.12. The zero-order valence-corrected chi connectivity index (χ0v) is 12.7. The summed E-state index contributed by atoms with van der Waals surface area (Å²) in [5, 5.41) is 11.9. The smallest absolute Gasteiger partial charge is 0.303 e. The molecule has 0 amide bonds. The molecule has 0 aliphatic rings. The van der Waals surface area contributed by atoms with Crippen molar-refractivity contribution >= 4 is 5.97 Å². The molecule has 0 radical (unpaired) electrons. The molecule has 4 nitrogen and oxygen atoms in total. The Morgan fingerprint density at radius 2 is 1.91 bits per heavy atom. The molecule has 116 valence electrons. The number of benzene rings is 2. The fourth-order valence-corrected chi connectivity index (χ4v) is 2.31. The fourth-order valence-electron chi connectivity index (χ4n) is 2.31. The normalized spacial score (nSPS) is 10.4. The number of rotatable bonds is 8. The minimum absolute atomic E-state index is 0.189. The van der Waals surface area contributed by atoms with Gasteiger partial charge in [-0.2, -0.15) is 0 Å². The standard InChI is InChI=1S/C18H21NO3/c1-22-17-10-9-15(14-6-3-2-4-7-14)12-16(17)13-19-11-5-8-18(20)21/h2-4,6-7,9-10,12,19H,5,8,11,13H2,1H3,(H,20,21). The van der Waals surface area contributed by atoms with E-state index in [1.54, 1.807) is 7.11 Å². The highest BCUT2D eigenvalue weighted by Crippen LogP contribution is 2.26. The molecule has 0 fully saturated rings. The molecule has 0 saturated carbocycles. The summed E-state index contributed by atoms with van der Waals surface area (Å²) < 4.78 is 5.40. The lowest BCUT2D eigenvalue weighted by atomic mass is 10.0. The summed E-state index contributed by atoms with van der Waals surface area (Å²) in [7, 11) is 1.66. The summed E-state index contributed by atoms with van der Waals surface area (Å²) in [5.74, 6) is 0.0795. The monoisotopic (exact) mass is 299 g/mol. The van der Waals surface area contributed by atoms with E-state index in [0.29, 0.717) is 19.5 Å². The minimum atomic E-state index is -0.759. The molecule has 0 bridgehead atoms. The van der Waals surface area contributed by atoms with Crippen molar-refractivity contribution in [2.45, 2.75) is 19.4 Å². The van der Waals surface area contributed by atoms with Crippen molar-refractivity contribution in [2.75, 3.05) is 13.7 Å². The Morgan fingerprint density at radius 1 is 1.14 bits per heavy atom. The van der Waals surface area contributed by atoms with Crippen LogP contribution in [-0.4, -0.2) is 24.7 Å². The van der Waals surface area contributed by atoms with Crippen LogP contribution in [-0.2, 0) is 11.3 Å². The molecule has 0 atom stereocenters. The molecule has 0 spiro atoms. The molecule has 0 saturated heterocycles. The van der Waals surface area contributed by atoms with Gasteiger partial charge in [0, 0.05) is 18.5 Å². The number of ether oxygens (including phenoxy) is 1. The summed E-state index contributed by atoms with van der Waals surface area (Å²) in [4.78, 5) is 10.5. The Kier molecular flexibility index (Phi) is 5.98. The summed E-state index contributed by atoms with van der Waals surface area (Å²) >= 11 is 0. The molecule has 2 aromatic carbocycles. The molecule has 0 aliphatic heterocycles. The van der Waals surface area contributed by atoms with Gasteiger partial charge in [-0.15, -0.1) is 0 Å². The first-order valence-electron chi connectivity index (χ1n) is 7.35. The first kappa shape index (κ1) is 16.0. The summed E-state index contributed by atoms with van der Waals surface area (Å²) in [5.41, 5.74) is 3.38. The molecule has 0 heterocycles. The van der Waals surface area contributed by atoms with Gasteiger partial charge in [0.2, 0.25) is 0 Å². The van der Waals surface area contributed by atoms with Crippen LogP contribution >= 0.6 is 0 Å².